The summed E-state index contributed by atoms with van der Waals surface area (Å²) in [6, 6.07) is 24.1. The number of fused-ring (bicyclic) bond motifs is 1. The molecule has 0 spiro atoms. The van der Waals surface area contributed by atoms with E-state index in [0.29, 0.717) is 5.75 Å². The zero-order valence-electron chi connectivity index (χ0n) is 14.8. The van der Waals surface area contributed by atoms with Gasteiger partial charge in [-0.25, -0.2) is 4.98 Å². The Kier molecular flexibility index (Phi) is 5.23. The summed E-state index contributed by atoms with van der Waals surface area (Å²) in [6.45, 7) is 2.06. The van der Waals surface area contributed by atoms with E-state index in [-0.39, 0.29) is 5.91 Å². The van der Waals surface area contributed by atoms with Crippen LogP contribution in [0, 0.1) is 6.92 Å². The van der Waals surface area contributed by atoms with Crippen LogP contribution in [-0.4, -0.2) is 16.6 Å². The Labute approximate surface area is 166 Å². The lowest BCUT2D eigenvalue weighted by Gasteiger charge is -2.09. The third kappa shape index (κ3) is 4.21. The molecule has 0 saturated carbocycles. The molecule has 0 aliphatic rings. The van der Waals surface area contributed by atoms with E-state index in [0.717, 1.165) is 31.4 Å². The standard InChI is InChI=1S/C22H18N2OS2/c1-15-10-12-16(13-11-15)26-14-21(25)23-18-7-3-2-6-17(18)22-24-19-8-4-5-9-20(19)27-22/h2-13H,14H2,1H3,(H,23,25). The molecule has 3 aromatic carbocycles. The molecule has 0 unspecified atom stereocenters. The summed E-state index contributed by atoms with van der Waals surface area (Å²) in [7, 11) is 0. The van der Waals surface area contributed by atoms with Crippen molar-refractivity contribution in [1.82, 2.24) is 4.98 Å². The largest absolute Gasteiger partial charge is 0.325 e. The normalized spacial score (nSPS) is 10.9. The number of thioether (sulfide) groups is 1. The second-order valence-corrected chi connectivity index (χ2v) is 8.26. The first-order chi connectivity index (χ1) is 13.2. The van der Waals surface area contributed by atoms with Crippen molar-refractivity contribution in [3.8, 4) is 10.6 Å². The number of anilines is 1. The fraction of sp³-hybridized carbons (Fsp3) is 0.0909. The molecule has 4 rings (SSSR count). The molecule has 0 bridgehead atoms. The van der Waals surface area contributed by atoms with Gasteiger partial charge in [0.2, 0.25) is 5.91 Å². The summed E-state index contributed by atoms with van der Waals surface area (Å²) >= 11 is 3.17. The molecule has 5 heteroatoms. The van der Waals surface area contributed by atoms with Gasteiger partial charge in [0.05, 0.1) is 21.7 Å². The predicted octanol–water partition coefficient (Wildman–Crippen LogP) is 6.00. The molecule has 0 saturated heterocycles. The number of nitrogens with one attached hydrogen (secondary N) is 1. The van der Waals surface area contributed by atoms with Crippen LogP contribution in [0.4, 0.5) is 5.69 Å². The average Bonchev–Trinajstić information content (AvgIpc) is 3.12. The van der Waals surface area contributed by atoms with E-state index >= 15 is 0 Å². The second kappa shape index (κ2) is 7.94. The van der Waals surface area contributed by atoms with Crippen molar-refractivity contribution >= 4 is 44.9 Å². The number of thiazole rings is 1. The number of hydrogen-bond acceptors (Lipinski definition) is 4. The van der Waals surface area contributed by atoms with E-state index in [2.05, 4.69) is 30.4 Å². The summed E-state index contributed by atoms with van der Waals surface area (Å²) in [5.74, 6) is 0.353. The van der Waals surface area contributed by atoms with Gasteiger partial charge in [-0.05, 0) is 43.3 Å². The number of carbonyl (C=O) groups is 1. The van der Waals surface area contributed by atoms with E-state index in [4.69, 9.17) is 4.98 Å². The first-order valence-corrected chi connectivity index (χ1v) is 10.4. The van der Waals surface area contributed by atoms with Gasteiger partial charge in [-0.2, -0.15) is 0 Å². The van der Waals surface area contributed by atoms with Gasteiger partial charge < -0.3 is 5.32 Å². The Balaban J connectivity index is 1.50. The number of carbonyl (C=O) groups excluding carboxylic acids is 1. The van der Waals surface area contributed by atoms with Crippen LogP contribution in [0.2, 0.25) is 0 Å². The number of amides is 1. The van der Waals surface area contributed by atoms with Crippen molar-refractivity contribution in [2.24, 2.45) is 0 Å². The molecule has 0 fully saturated rings. The highest BCUT2D eigenvalue weighted by atomic mass is 32.2. The van der Waals surface area contributed by atoms with Crippen LogP contribution in [0.1, 0.15) is 5.56 Å². The molecule has 3 nitrogen and oxygen atoms in total. The molecule has 1 N–H and O–H groups in total. The summed E-state index contributed by atoms with van der Waals surface area (Å²) in [5.41, 5.74) is 3.94. The number of aromatic nitrogens is 1. The number of rotatable bonds is 5. The van der Waals surface area contributed by atoms with Crippen molar-refractivity contribution in [3.63, 3.8) is 0 Å². The molecule has 0 atom stereocenters. The van der Waals surface area contributed by atoms with Gasteiger partial charge in [-0.3, -0.25) is 4.79 Å². The van der Waals surface area contributed by atoms with E-state index in [1.807, 2.05) is 54.6 Å². The molecule has 0 aliphatic carbocycles. The smallest absolute Gasteiger partial charge is 0.234 e. The third-order valence-electron chi connectivity index (χ3n) is 4.12. The first kappa shape index (κ1) is 17.8. The maximum absolute atomic E-state index is 12.5. The van der Waals surface area contributed by atoms with Crippen molar-refractivity contribution < 1.29 is 4.79 Å². The fourth-order valence-electron chi connectivity index (χ4n) is 2.74. The number of hydrogen-bond donors (Lipinski definition) is 1. The fourth-order valence-corrected chi connectivity index (χ4v) is 4.44. The predicted molar refractivity (Wildman–Crippen MR) is 116 cm³/mol. The van der Waals surface area contributed by atoms with Crippen LogP contribution in [-0.2, 0) is 4.79 Å². The quantitative estimate of drug-likeness (QED) is 0.425. The molecule has 0 radical (unpaired) electrons. The average molecular weight is 391 g/mol. The van der Waals surface area contributed by atoms with Crippen LogP contribution in [0.15, 0.2) is 77.7 Å². The van der Waals surface area contributed by atoms with Gasteiger partial charge in [-0.15, -0.1) is 23.1 Å². The molecular weight excluding hydrogens is 372 g/mol. The molecule has 1 aromatic heterocycles. The molecule has 4 aromatic rings. The highest BCUT2D eigenvalue weighted by Gasteiger charge is 2.12. The highest BCUT2D eigenvalue weighted by Crippen LogP contribution is 2.34. The molecule has 1 amide bonds. The summed E-state index contributed by atoms with van der Waals surface area (Å²) < 4.78 is 1.14. The zero-order chi connectivity index (χ0) is 18.6. The Bertz CT molecular complexity index is 1050. The van der Waals surface area contributed by atoms with E-state index < -0.39 is 0 Å². The van der Waals surface area contributed by atoms with Crippen LogP contribution in [0.25, 0.3) is 20.8 Å². The van der Waals surface area contributed by atoms with Gasteiger partial charge in [0, 0.05) is 10.5 Å². The van der Waals surface area contributed by atoms with Gasteiger partial charge in [0.15, 0.2) is 0 Å². The summed E-state index contributed by atoms with van der Waals surface area (Å²) in [4.78, 5) is 18.3. The van der Waals surface area contributed by atoms with Crippen LogP contribution >= 0.6 is 23.1 Å². The van der Waals surface area contributed by atoms with E-state index in [1.165, 1.54) is 17.3 Å². The number of para-hydroxylation sites is 2. The van der Waals surface area contributed by atoms with Gasteiger partial charge in [-0.1, -0.05) is 42.0 Å². The van der Waals surface area contributed by atoms with Crippen molar-refractivity contribution in [2.75, 3.05) is 11.1 Å². The SMILES string of the molecule is Cc1ccc(SCC(=O)Nc2ccccc2-c2nc3ccccc3s2)cc1. The second-order valence-electron chi connectivity index (χ2n) is 6.18. The highest BCUT2D eigenvalue weighted by molar-refractivity contribution is 8.00. The van der Waals surface area contributed by atoms with Crippen molar-refractivity contribution in [3.05, 3.63) is 78.4 Å². The maximum Gasteiger partial charge on any atom is 0.234 e. The Morgan fingerprint density at radius 1 is 1.00 bits per heavy atom. The molecule has 1 heterocycles. The zero-order valence-corrected chi connectivity index (χ0v) is 16.4. The number of nitrogens with zero attached hydrogens (tertiary/aromatic N) is 1. The first-order valence-electron chi connectivity index (χ1n) is 8.63. The molecule has 134 valence electrons. The van der Waals surface area contributed by atoms with Crippen LogP contribution in [0.5, 0.6) is 0 Å². The monoisotopic (exact) mass is 390 g/mol. The Morgan fingerprint density at radius 3 is 2.56 bits per heavy atom. The lowest BCUT2D eigenvalue weighted by molar-refractivity contribution is -0.113. The lowest BCUT2D eigenvalue weighted by atomic mass is 10.2. The molecular formula is C22H18N2OS2. The van der Waals surface area contributed by atoms with Gasteiger partial charge in [0.1, 0.15) is 5.01 Å². The van der Waals surface area contributed by atoms with Gasteiger partial charge >= 0.3 is 0 Å². The van der Waals surface area contributed by atoms with E-state index in [9.17, 15) is 4.79 Å². The topological polar surface area (TPSA) is 42.0 Å². The number of aryl methyl sites for hydroxylation is 1. The Hall–Kier alpha value is -2.63. The van der Waals surface area contributed by atoms with Crippen LogP contribution < -0.4 is 5.32 Å². The Morgan fingerprint density at radius 2 is 1.74 bits per heavy atom. The number of benzene rings is 3. The minimum atomic E-state index is -0.0193. The van der Waals surface area contributed by atoms with Crippen molar-refractivity contribution in [1.29, 1.82) is 0 Å². The van der Waals surface area contributed by atoms with Crippen molar-refractivity contribution in [2.45, 2.75) is 11.8 Å². The maximum atomic E-state index is 12.5. The van der Waals surface area contributed by atoms with E-state index in [1.54, 1.807) is 11.3 Å². The summed E-state index contributed by atoms with van der Waals surface area (Å²) in [5, 5.41) is 3.96. The third-order valence-corrected chi connectivity index (χ3v) is 6.20. The minimum Gasteiger partial charge on any atom is -0.325 e. The minimum absolute atomic E-state index is 0.0193. The lowest BCUT2D eigenvalue weighted by Crippen LogP contribution is -2.14. The molecule has 0 aliphatic heterocycles. The summed E-state index contributed by atoms with van der Waals surface area (Å²) in [6.07, 6.45) is 0. The molecule has 27 heavy (non-hydrogen) atoms. The van der Waals surface area contributed by atoms with Gasteiger partial charge in [0.25, 0.3) is 0 Å². The van der Waals surface area contributed by atoms with Crippen LogP contribution in [0.3, 0.4) is 0 Å².